The highest BCUT2D eigenvalue weighted by atomic mass is 19.4. The molecule has 5 heteroatoms. The number of hydrogen-bond donors (Lipinski definition) is 0. The average Bonchev–Trinajstić information content (AvgIpc) is 1.84. The number of esters is 1. The lowest BCUT2D eigenvalue weighted by atomic mass is 9.91. The molecule has 0 aromatic heterocycles. The fraction of sp³-hybridized carbons (Fsp3) is 0.429. The Bertz CT molecular complexity index is 172. The molecule has 0 aliphatic rings. The number of carbonyl (C=O) groups is 1. The first kappa shape index (κ1) is 11.3. The summed E-state index contributed by atoms with van der Waals surface area (Å²) in [7, 11) is 0. The van der Waals surface area contributed by atoms with Crippen molar-refractivity contribution < 1.29 is 22.7 Å². The maximum absolute atomic E-state index is 11.4. The van der Waals surface area contributed by atoms with Crippen LogP contribution in [0.25, 0.3) is 0 Å². The predicted molar refractivity (Wildman–Crippen MR) is 32.1 cm³/mol. The Morgan fingerprint density at radius 3 is 2.00 bits per heavy atom. The largest absolute Gasteiger partial charge is 0.575 e. The van der Waals surface area contributed by atoms with E-state index in [0.717, 1.165) is 0 Å². The molecule has 0 saturated heterocycles. The van der Waals surface area contributed by atoms with Gasteiger partial charge in [0.1, 0.15) is 0 Å². The first-order valence-electron chi connectivity index (χ1n) is 2.77. The van der Waals surface area contributed by atoms with Crippen LogP contribution >= 0.6 is 0 Å². The monoisotopic (exact) mass is 178 g/mol. The predicted octanol–water partition coefficient (Wildman–Crippen LogP) is 1.56. The molecule has 0 aromatic rings. The van der Waals surface area contributed by atoms with Crippen molar-refractivity contribution >= 4 is 5.97 Å². The SMILES string of the molecule is [CH]CC([CH])([CH])C(=O)OC(F)(F)F. The molecule has 0 aliphatic heterocycles. The summed E-state index contributed by atoms with van der Waals surface area (Å²) in [6, 6.07) is 0. The van der Waals surface area contributed by atoms with E-state index >= 15 is 0 Å². The molecule has 0 amide bonds. The summed E-state index contributed by atoms with van der Waals surface area (Å²) >= 11 is 0. The Morgan fingerprint density at radius 2 is 1.75 bits per heavy atom. The quantitative estimate of drug-likeness (QED) is 0.600. The van der Waals surface area contributed by atoms with Crippen LogP contribution < -0.4 is 0 Å². The summed E-state index contributed by atoms with van der Waals surface area (Å²) in [4.78, 5) is 10.4. The van der Waals surface area contributed by atoms with Crippen LogP contribution in [0.15, 0.2) is 0 Å². The second-order valence-electron chi connectivity index (χ2n) is 2.08. The van der Waals surface area contributed by atoms with Gasteiger partial charge in [-0.3, -0.25) is 4.79 Å². The van der Waals surface area contributed by atoms with E-state index in [9.17, 15) is 18.0 Å². The maximum atomic E-state index is 11.4. The third kappa shape index (κ3) is 3.59. The highest BCUT2D eigenvalue weighted by Gasteiger charge is 2.39. The molecule has 6 radical (unpaired) electrons. The topological polar surface area (TPSA) is 26.3 Å². The number of ether oxygens (including phenoxy) is 1. The van der Waals surface area contributed by atoms with Crippen molar-refractivity contribution in [1.82, 2.24) is 0 Å². The Hall–Kier alpha value is -0.740. The molecule has 0 saturated carbocycles. The molecule has 0 N–H and O–H groups in total. The number of hydrogen-bond acceptors (Lipinski definition) is 2. The van der Waals surface area contributed by atoms with E-state index < -0.39 is 24.2 Å². The lowest BCUT2D eigenvalue weighted by Crippen LogP contribution is -2.31. The zero-order chi connectivity index (χ0) is 9.99. The molecule has 0 aliphatic carbocycles. The summed E-state index contributed by atoms with van der Waals surface area (Å²) in [6.45, 7) is 14.5. The smallest absolute Gasteiger partial charge is 0.372 e. The standard InChI is InChI=1S/C7H5F3O2/c1-4-6(2,3)5(11)12-7(8,9)10/h1-3H,4H2. The van der Waals surface area contributed by atoms with Gasteiger partial charge in [-0.2, -0.15) is 0 Å². The van der Waals surface area contributed by atoms with E-state index in [1.807, 2.05) is 0 Å². The summed E-state index contributed by atoms with van der Waals surface area (Å²) in [5, 5.41) is 0. The first-order chi connectivity index (χ1) is 5.19. The molecular weight excluding hydrogens is 173 g/mol. The van der Waals surface area contributed by atoms with E-state index in [2.05, 4.69) is 4.74 Å². The van der Waals surface area contributed by atoms with Crippen molar-refractivity contribution in [3.8, 4) is 0 Å². The van der Waals surface area contributed by atoms with E-state index in [4.69, 9.17) is 20.8 Å². The lowest BCUT2D eigenvalue weighted by Gasteiger charge is -2.19. The van der Waals surface area contributed by atoms with Crippen LogP contribution in [0.4, 0.5) is 13.2 Å². The second kappa shape index (κ2) is 3.33. The fourth-order valence-corrected chi connectivity index (χ4v) is 0.283. The number of halogens is 3. The van der Waals surface area contributed by atoms with Crippen molar-refractivity contribution in [3.63, 3.8) is 0 Å². The van der Waals surface area contributed by atoms with Crippen molar-refractivity contribution in [2.24, 2.45) is 5.41 Å². The van der Waals surface area contributed by atoms with Gasteiger partial charge in [0.2, 0.25) is 0 Å². The van der Waals surface area contributed by atoms with Crippen LogP contribution in [0.3, 0.4) is 0 Å². The highest BCUT2D eigenvalue weighted by molar-refractivity contribution is 5.78. The van der Waals surface area contributed by atoms with Gasteiger partial charge >= 0.3 is 12.3 Å². The van der Waals surface area contributed by atoms with Crippen LogP contribution in [0.1, 0.15) is 6.42 Å². The Kier molecular flexibility index (Phi) is 3.12. The van der Waals surface area contributed by atoms with Crippen LogP contribution in [-0.2, 0) is 9.53 Å². The van der Waals surface area contributed by atoms with Crippen molar-refractivity contribution in [3.05, 3.63) is 20.8 Å². The molecule has 0 atom stereocenters. The van der Waals surface area contributed by atoms with Crippen molar-refractivity contribution in [2.45, 2.75) is 12.8 Å². The van der Waals surface area contributed by atoms with Gasteiger partial charge in [0.05, 0.1) is 5.41 Å². The first-order valence-corrected chi connectivity index (χ1v) is 2.77. The summed E-state index contributed by atoms with van der Waals surface area (Å²) in [5.41, 5.74) is -2.30. The third-order valence-electron chi connectivity index (χ3n) is 0.926. The minimum Gasteiger partial charge on any atom is -0.372 e. The third-order valence-corrected chi connectivity index (χ3v) is 0.926. The van der Waals surface area contributed by atoms with E-state index in [-0.39, 0.29) is 0 Å². The van der Waals surface area contributed by atoms with Crippen LogP contribution in [0.5, 0.6) is 0 Å². The molecule has 0 aromatic carbocycles. The second-order valence-corrected chi connectivity index (χ2v) is 2.08. The molecular formula is C7H5F3O2. The van der Waals surface area contributed by atoms with Crippen molar-refractivity contribution in [2.75, 3.05) is 0 Å². The average molecular weight is 178 g/mol. The molecule has 2 nitrogen and oxygen atoms in total. The van der Waals surface area contributed by atoms with Gasteiger partial charge in [-0.1, -0.05) is 0 Å². The van der Waals surface area contributed by atoms with Gasteiger partial charge in [0.25, 0.3) is 0 Å². The molecule has 0 unspecified atom stereocenters. The van der Waals surface area contributed by atoms with Gasteiger partial charge in [0.15, 0.2) is 0 Å². The van der Waals surface area contributed by atoms with Crippen LogP contribution in [0.2, 0.25) is 0 Å². The van der Waals surface area contributed by atoms with Gasteiger partial charge in [-0.05, 0) is 27.2 Å². The Balaban J connectivity index is 4.23. The zero-order valence-corrected chi connectivity index (χ0v) is 5.89. The highest BCUT2D eigenvalue weighted by Crippen LogP contribution is 2.26. The molecule has 12 heavy (non-hydrogen) atoms. The van der Waals surface area contributed by atoms with E-state index in [1.54, 1.807) is 0 Å². The Labute approximate surface area is 68.7 Å². The molecule has 66 valence electrons. The van der Waals surface area contributed by atoms with Gasteiger partial charge in [-0.25, -0.2) is 0 Å². The van der Waals surface area contributed by atoms with Gasteiger partial charge in [-0.15, -0.1) is 13.2 Å². The Morgan fingerprint density at radius 1 is 1.33 bits per heavy atom. The van der Waals surface area contributed by atoms with Gasteiger partial charge < -0.3 is 4.74 Å². The number of alkyl halides is 3. The van der Waals surface area contributed by atoms with Crippen LogP contribution in [0, 0.1) is 26.2 Å². The number of carbonyl (C=O) groups excluding carboxylic acids is 1. The molecule has 0 spiro atoms. The maximum Gasteiger partial charge on any atom is 0.575 e. The van der Waals surface area contributed by atoms with E-state index in [0.29, 0.717) is 0 Å². The minimum absolute atomic E-state index is 0.637. The van der Waals surface area contributed by atoms with Crippen molar-refractivity contribution in [1.29, 1.82) is 0 Å². The van der Waals surface area contributed by atoms with E-state index in [1.165, 1.54) is 0 Å². The van der Waals surface area contributed by atoms with Crippen LogP contribution in [-0.4, -0.2) is 12.3 Å². The number of rotatable bonds is 2. The zero-order valence-electron chi connectivity index (χ0n) is 5.89. The molecule has 0 bridgehead atoms. The normalized spacial score (nSPS) is 12.8. The summed E-state index contributed by atoms with van der Waals surface area (Å²) < 4.78 is 37.1. The summed E-state index contributed by atoms with van der Waals surface area (Å²) in [5.74, 6) is -1.81. The molecule has 0 fully saturated rings. The molecule has 0 heterocycles. The summed E-state index contributed by atoms with van der Waals surface area (Å²) in [6.07, 6.45) is -5.72. The minimum atomic E-state index is -5.09. The van der Waals surface area contributed by atoms with Gasteiger partial charge in [0, 0.05) is 0 Å². The fourth-order valence-electron chi connectivity index (χ4n) is 0.283. The lowest BCUT2D eigenvalue weighted by molar-refractivity contribution is -0.308. The molecule has 0 rings (SSSR count).